The maximum Gasteiger partial charge on any atom is 0.126 e. The van der Waals surface area contributed by atoms with Crippen LogP contribution in [0.4, 0.5) is 4.39 Å². The minimum absolute atomic E-state index is 0.118. The average Bonchev–Trinajstić information content (AvgIpc) is 2.86. The van der Waals surface area contributed by atoms with Gasteiger partial charge < -0.3 is 10.2 Å². The molecule has 0 aromatic heterocycles. The van der Waals surface area contributed by atoms with Gasteiger partial charge in [-0.25, -0.2) is 4.39 Å². The van der Waals surface area contributed by atoms with Crippen LogP contribution in [0.5, 0.6) is 0 Å². The van der Waals surface area contributed by atoms with E-state index in [1.807, 2.05) is 19.1 Å². The second-order valence-corrected chi connectivity index (χ2v) is 5.16. The van der Waals surface area contributed by atoms with Crippen molar-refractivity contribution in [3.63, 3.8) is 0 Å². The summed E-state index contributed by atoms with van der Waals surface area (Å²) in [4.78, 5) is 2.53. The van der Waals surface area contributed by atoms with Gasteiger partial charge in [0.1, 0.15) is 5.82 Å². The van der Waals surface area contributed by atoms with E-state index < -0.39 is 0 Å². The Morgan fingerprint density at radius 3 is 2.78 bits per heavy atom. The Kier molecular flexibility index (Phi) is 5.14. The summed E-state index contributed by atoms with van der Waals surface area (Å²) in [6.45, 7) is 7.43. The first-order valence-electron chi connectivity index (χ1n) is 6.94. The molecule has 1 aliphatic heterocycles. The van der Waals surface area contributed by atoms with Crippen LogP contribution >= 0.6 is 0 Å². The number of nitrogens with one attached hydrogen (secondary N) is 1. The van der Waals surface area contributed by atoms with Gasteiger partial charge in [0.05, 0.1) is 0 Å². The van der Waals surface area contributed by atoms with E-state index in [9.17, 15) is 4.39 Å². The summed E-state index contributed by atoms with van der Waals surface area (Å²) in [6.07, 6.45) is 3.92. The van der Waals surface area contributed by atoms with Crippen molar-refractivity contribution in [3.8, 4) is 0 Å². The normalized spacial score (nSPS) is 16.3. The summed E-state index contributed by atoms with van der Waals surface area (Å²) in [7, 11) is 0. The van der Waals surface area contributed by atoms with E-state index in [2.05, 4.69) is 10.2 Å². The van der Waals surface area contributed by atoms with Crippen molar-refractivity contribution >= 4 is 0 Å². The van der Waals surface area contributed by atoms with Crippen molar-refractivity contribution in [1.82, 2.24) is 10.2 Å². The molecule has 18 heavy (non-hydrogen) atoms. The van der Waals surface area contributed by atoms with Crippen LogP contribution in [0.3, 0.4) is 0 Å². The lowest BCUT2D eigenvalue weighted by Gasteiger charge is -2.14. The summed E-state index contributed by atoms with van der Waals surface area (Å²) < 4.78 is 13.1. The Hall–Kier alpha value is -0.930. The molecule has 1 saturated heterocycles. The number of likely N-dealkylation sites (tertiary alicyclic amines) is 1. The SMILES string of the molecule is Cc1cc(CNCCCN2CCCC2)ccc1F. The van der Waals surface area contributed by atoms with Gasteiger partial charge in [0.25, 0.3) is 0 Å². The van der Waals surface area contributed by atoms with Crippen LogP contribution in [0.15, 0.2) is 18.2 Å². The second-order valence-electron chi connectivity index (χ2n) is 5.16. The highest BCUT2D eigenvalue weighted by atomic mass is 19.1. The molecule has 0 saturated carbocycles. The van der Waals surface area contributed by atoms with Crippen LogP contribution in [-0.2, 0) is 6.54 Å². The van der Waals surface area contributed by atoms with Crippen LogP contribution in [-0.4, -0.2) is 31.1 Å². The average molecular weight is 250 g/mol. The van der Waals surface area contributed by atoms with Crippen molar-refractivity contribution in [2.75, 3.05) is 26.2 Å². The Morgan fingerprint density at radius 2 is 2.06 bits per heavy atom. The third-order valence-electron chi connectivity index (χ3n) is 3.58. The van der Waals surface area contributed by atoms with Gasteiger partial charge in [-0.2, -0.15) is 0 Å². The Balaban J connectivity index is 1.61. The molecule has 1 aromatic carbocycles. The highest BCUT2D eigenvalue weighted by molar-refractivity contribution is 5.23. The third-order valence-corrected chi connectivity index (χ3v) is 3.58. The zero-order valence-electron chi connectivity index (χ0n) is 11.2. The Morgan fingerprint density at radius 1 is 1.28 bits per heavy atom. The first kappa shape index (κ1) is 13.5. The fourth-order valence-corrected chi connectivity index (χ4v) is 2.48. The third kappa shape index (κ3) is 4.07. The number of benzene rings is 1. The van der Waals surface area contributed by atoms with Crippen molar-refractivity contribution in [1.29, 1.82) is 0 Å². The minimum Gasteiger partial charge on any atom is -0.313 e. The molecule has 1 N–H and O–H groups in total. The molecule has 1 aliphatic rings. The molecule has 100 valence electrons. The van der Waals surface area contributed by atoms with E-state index in [1.54, 1.807) is 6.07 Å². The topological polar surface area (TPSA) is 15.3 Å². The number of hydrogen-bond acceptors (Lipinski definition) is 2. The Bertz CT molecular complexity index is 373. The molecule has 0 spiro atoms. The van der Waals surface area contributed by atoms with Gasteiger partial charge in [-0.1, -0.05) is 12.1 Å². The standard InChI is InChI=1S/C15H23FN2/c1-13-11-14(5-6-15(13)16)12-17-7-4-10-18-8-2-3-9-18/h5-6,11,17H,2-4,7-10,12H2,1H3. The summed E-state index contributed by atoms with van der Waals surface area (Å²) in [5.41, 5.74) is 1.89. The number of nitrogens with zero attached hydrogens (tertiary/aromatic N) is 1. The number of halogens is 1. The van der Waals surface area contributed by atoms with E-state index in [1.165, 1.54) is 38.9 Å². The van der Waals surface area contributed by atoms with Gasteiger partial charge >= 0.3 is 0 Å². The monoisotopic (exact) mass is 250 g/mol. The molecule has 0 unspecified atom stereocenters. The van der Waals surface area contributed by atoms with Gasteiger partial charge in [-0.15, -0.1) is 0 Å². The van der Waals surface area contributed by atoms with Crippen molar-refractivity contribution in [2.45, 2.75) is 32.7 Å². The van der Waals surface area contributed by atoms with Crippen LogP contribution < -0.4 is 5.32 Å². The fourth-order valence-electron chi connectivity index (χ4n) is 2.48. The molecular weight excluding hydrogens is 227 g/mol. The van der Waals surface area contributed by atoms with E-state index in [4.69, 9.17) is 0 Å². The molecule has 1 heterocycles. The number of hydrogen-bond donors (Lipinski definition) is 1. The highest BCUT2D eigenvalue weighted by Crippen LogP contribution is 2.09. The minimum atomic E-state index is -0.118. The first-order valence-corrected chi connectivity index (χ1v) is 6.94. The lowest BCUT2D eigenvalue weighted by Crippen LogP contribution is -2.24. The van der Waals surface area contributed by atoms with E-state index >= 15 is 0 Å². The summed E-state index contributed by atoms with van der Waals surface area (Å²) in [5.74, 6) is -0.118. The zero-order chi connectivity index (χ0) is 12.8. The van der Waals surface area contributed by atoms with Gasteiger partial charge in [0.15, 0.2) is 0 Å². The molecule has 0 atom stereocenters. The smallest absolute Gasteiger partial charge is 0.126 e. The fraction of sp³-hybridized carbons (Fsp3) is 0.600. The predicted molar refractivity (Wildman–Crippen MR) is 73.1 cm³/mol. The largest absolute Gasteiger partial charge is 0.313 e. The van der Waals surface area contributed by atoms with Gasteiger partial charge in [0.2, 0.25) is 0 Å². The molecule has 1 aromatic rings. The molecular formula is C15H23FN2. The van der Waals surface area contributed by atoms with Gasteiger partial charge in [0, 0.05) is 6.54 Å². The van der Waals surface area contributed by atoms with Crippen molar-refractivity contribution in [2.24, 2.45) is 0 Å². The Labute approximate surface area is 109 Å². The van der Waals surface area contributed by atoms with Gasteiger partial charge in [-0.05, 0) is 69.6 Å². The van der Waals surface area contributed by atoms with Crippen molar-refractivity contribution < 1.29 is 4.39 Å². The van der Waals surface area contributed by atoms with E-state index in [0.29, 0.717) is 0 Å². The van der Waals surface area contributed by atoms with Crippen molar-refractivity contribution in [3.05, 3.63) is 35.1 Å². The van der Waals surface area contributed by atoms with Crippen LogP contribution in [0.1, 0.15) is 30.4 Å². The molecule has 3 heteroatoms. The summed E-state index contributed by atoms with van der Waals surface area (Å²) >= 11 is 0. The first-order chi connectivity index (χ1) is 8.75. The number of rotatable bonds is 6. The molecule has 0 aliphatic carbocycles. The summed E-state index contributed by atoms with van der Waals surface area (Å²) in [5, 5.41) is 3.42. The molecule has 0 bridgehead atoms. The quantitative estimate of drug-likeness (QED) is 0.781. The van der Waals surface area contributed by atoms with Crippen LogP contribution in [0.2, 0.25) is 0 Å². The maximum atomic E-state index is 13.1. The predicted octanol–water partition coefficient (Wildman–Crippen LogP) is 2.71. The second kappa shape index (κ2) is 6.86. The van der Waals surface area contributed by atoms with Crippen LogP contribution in [0.25, 0.3) is 0 Å². The van der Waals surface area contributed by atoms with Gasteiger partial charge in [-0.3, -0.25) is 0 Å². The molecule has 2 nitrogen and oxygen atoms in total. The highest BCUT2D eigenvalue weighted by Gasteiger charge is 2.09. The van der Waals surface area contributed by atoms with E-state index in [0.717, 1.165) is 24.2 Å². The molecule has 0 radical (unpaired) electrons. The lowest BCUT2D eigenvalue weighted by atomic mass is 10.1. The van der Waals surface area contributed by atoms with Crippen LogP contribution in [0, 0.1) is 12.7 Å². The molecule has 1 fully saturated rings. The molecule has 0 amide bonds. The zero-order valence-corrected chi connectivity index (χ0v) is 11.2. The van der Waals surface area contributed by atoms with E-state index in [-0.39, 0.29) is 5.82 Å². The summed E-state index contributed by atoms with van der Waals surface area (Å²) in [6, 6.07) is 5.33. The molecule has 2 rings (SSSR count). The number of aryl methyl sites for hydroxylation is 1. The lowest BCUT2D eigenvalue weighted by molar-refractivity contribution is 0.331. The maximum absolute atomic E-state index is 13.1.